The summed E-state index contributed by atoms with van der Waals surface area (Å²) in [5.41, 5.74) is 6.64. The quantitative estimate of drug-likeness (QED) is 0.732. The summed E-state index contributed by atoms with van der Waals surface area (Å²) in [4.78, 5) is 5.87. The van der Waals surface area contributed by atoms with Crippen LogP contribution in [-0.4, -0.2) is 18.1 Å². The zero-order valence-electron chi connectivity index (χ0n) is 9.84. The van der Waals surface area contributed by atoms with Gasteiger partial charge in [0.1, 0.15) is 0 Å². The van der Waals surface area contributed by atoms with Gasteiger partial charge in [-0.2, -0.15) is 0 Å². The molecule has 1 aromatic rings. The van der Waals surface area contributed by atoms with Crippen molar-refractivity contribution in [2.45, 2.75) is 39.7 Å². The fraction of sp³-hybridized carbons (Fsp3) is 0.727. The molecule has 0 spiro atoms. The highest BCUT2D eigenvalue weighted by Crippen LogP contribution is 2.22. The molecule has 1 heterocycles. The van der Waals surface area contributed by atoms with Crippen LogP contribution in [0.5, 0.6) is 0 Å². The van der Waals surface area contributed by atoms with E-state index in [1.165, 1.54) is 10.6 Å². The lowest BCUT2D eigenvalue weighted by atomic mass is 10.2. The molecule has 1 rings (SSSR count). The van der Waals surface area contributed by atoms with E-state index in [0.717, 1.165) is 30.9 Å². The Bertz CT molecular complexity index is 296. The van der Waals surface area contributed by atoms with Gasteiger partial charge < -0.3 is 11.1 Å². The van der Waals surface area contributed by atoms with E-state index in [1.807, 2.05) is 0 Å². The first-order valence-corrected chi connectivity index (χ1v) is 6.34. The van der Waals surface area contributed by atoms with Crippen molar-refractivity contribution < 1.29 is 0 Å². The molecule has 0 amide bonds. The molecule has 3 N–H and O–H groups in total. The second kappa shape index (κ2) is 6.20. The molecule has 0 aliphatic carbocycles. The number of nitrogens with two attached hydrogens (primary N) is 1. The van der Waals surface area contributed by atoms with Crippen LogP contribution in [0.4, 0.5) is 0 Å². The minimum atomic E-state index is 0.354. The van der Waals surface area contributed by atoms with Crippen molar-refractivity contribution in [3.05, 3.63) is 15.6 Å². The van der Waals surface area contributed by atoms with Crippen molar-refractivity contribution in [1.29, 1.82) is 0 Å². The summed E-state index contributed by atoms with van der Waals surface area (Å²) in [7, 11) is 0. The minimum absolute atomic E-state index is 0.354. The van der Waals surface area contributed by atoms with Crippen molar-refractivity contribution in [2.75, 3.05) is 13.1 Å². The SMILES string of the molecule is Cc1nc(C(C)NCCCCN)c(C)s1. The average molecular weight is 227 g/mol. The molecule has 1 unspecified atom stereocenters. The Hall–Kier alpha value is -0.450. The number of aromatic nitrogens is 1. The third-order valence-corrected chi connectivity index (χ3v) is 3.33. The van der Waals surface area contributed by atoms with Crippen LogP contribution in [0.2, 0.25) is 0 Å². The second-order valence-corrected chi connectivity index (χ2v) is 5.25. The van der Waals surface area contributed by atoms with Crippen molar-refractivity contribution in [3.63, 3.8) is 0 Å². The number of aryl methyl sites for hydroxylation is 2. The predicted octanol–water partition coefficient (Wildman–Crippen LogP) is 2.15. The Balaban J connectivity index is 2.39. The Morgan fingerprint density at radius 1 is 1.40 bits per heavy atom. The number of rotatable bonds is 6. The third-order valence-electron chi connectivity index (χ3n) is 2.43. The van der Waals surface area contributed by atoms with Gasteiger partial charge in [-0.05, 0) is 46.7 Å². The Kier molecular flexibility index (Phi) is 5.22. The lowest BCUT2D eigenvalue weighted by Gasteiger charge is -2.12. The van der Waals surface area contributed by atoms with Crippen LogP contribution in [0.15, 0.2) is 0 Å². The zero-order valence-corrected chi connectivity index (χ0v) is 10.7. The van der Waals surface area contributed by atoms with Crippen molar-refractivity contribution >= 4 is 11.3 Å². The second-order valence-electron chi connectivity index (χ2n) is 3.85. The number of thiazole rings is 1. The van der Waals surface area contributed by atoms with Gasteiger partial charge >= 0.3 is 0 Å². The van der Waals surface area contributed by atoms with Crippen LogP contribution < -0.4 is 11.1 Å². The number of hydrogen-bond acceptors (Lipinski definition) is 4. The van der Waals surface area contributed by atoms with Gasteiger partial charge in [-0.1, -0.05) is 0 Å². The summed E-state index contributed by atoms with van der Waals surface area (Å²) in [6.07, 6.45) is 2.23. The molecule has 86 valence electrons. The highest BCUT2D eigenvalue weighted by atomic mass is 32.1. The lowest BCUT2D eigenvalue weighted by molar-refractivity contribution is 0.538. The number of nitrogens with one attached hydrogen (secondary N) is 1. The summed E-state index contributed by atoms with van der Waals surface area (Å²) < 4.78 is 0. The van der Waals surface area contributed by atoms with E-state index in [4.69, 9.17) is 5.73 Å². The molecule has 0 aromatic carbocycles. The first-order chi connectivity index (χ1) is 7.15. The molecule has 0 saturated carbocycles. The van der Waals surface area contributed by atoms with Crippen LogP contribution in [0, 0.1) is 13.8 Å². The van der Waals surface area contributed by atoms with Crippen molar-refractivity contribution in [3.8, 4) is 0 Å². The Morgan fingerprint density at radius 2 is 2.13 bits per heavy atom. The first kappa shape index (κ1) is 12.6. The van der Waals surface area contributed by atoms with E-state index in [1.54, 1.807) is 11.3 Å². The number of nitrogens with zero attached hydrogens (tertiary/aromatic N) is 1. The summed E-state index contributed by atoms with van der Waals surface area (Å²) in [6, 6.07) is 0.354. The van der Waals surface area contributed by atoms with Crippen molar-refractivity contribution in [2.24, 2.45) is 5.73 Å². The molecule has 15 heavy (non-hydrogen) atoms. The van der Waals surface area contributed by atoms with Crippen LogP contribution in [0.25, 0.3) is 0 Å². The topological polar surface area (TPSA) is 50.9 Å². The highest BCUT2D eigenvalue weighted by Gasteiger charge is 2.11. The Morgan fingerprint density at radius 3 is 2.67 bits per heavy atom. The van der Waals surface area contributed by atoms with Gasteiger partial charge in [0.2, 0.25) is 0 Å². The molecule has 0 fully saturated rings. The van der Waals surface area contributed by atoms with E-state index < -0.39 is 0 Å². The van der Waals surface area contributed by atoms with Gasteiger partial charge in [0.25, 0.3) is 0 Å². The van der Waals surface area contributed by atoms with Gasteiger partial charge in [-0.15, -0.1) is 11.3 Å². The third kappa shape index (κ3) is 3.89. The highest BCUT2D eigenvalue weighted by molar-refractivity contribution is 7.11. The van der Waals surface area contributed by atoms with E-state index >= 15 is 0 Å². The Labute approximate surface area is 96.1 Å². The maximum absolute atomic E-state index is 5.45. The molecule has 0 saturated heterocycles. The van der Waals surface area contributed by atoms with Crippen LogP contribution >= 0.6 is 11.3 Å². The van der Waals surface area contributed by atoms with Crippen LogP contribution in [-0.2, 0) is 0 Å². The van der Waals surface area contributed by atoms with Gasteiger partial charge in [0, 0.05) is 10.9 Å². The number of unbranched alkanes of at least 4 members (excludes halogenated alkanes) is 1. The smallest absolute Gasteiger partial charge is 0.0900 e. The first-order valence-electron chi connectivity index (χ1n) is 5.52. The number of hydrogen-bond donors (Lipinski definition) is 2. The van der Waals surface area contributed by atoms with Crippen LogP contribution in [0.1, 0.15) is 41.4 Å². The van der Waals surface area contributed by atoms with Gasteiger partial charge in [-0.3, -0.25) is 0 Å². The molecule has 0 bridgehead atoms. The molecular formula is C11H21N3S. The van der Waals surface area contributed by atoms with E-state index in [2.05, 4.69) is 31.1 Å². The van der Waals surface area contributed by atoms with Gasteiger partial charge in [0.15, 0.2) is 0 Å². The van der Waals surface area contributed by atoms with Gasteiger partial charge in [0.05, 0.1) is 10.7 Å². The molecule has 0 radical (unpaired) electrons. The van der Waals surface area contributed by atoms with Gasteiger partial charge in [-0.25, -0.2) is 4.98 Å². The van der Waals surface area contributed by atoms with E-state index in [-0.39, 0.29) is 0 Å². The monoisotopic (exact) mass is 227 g/mol. The van der Waals surface area contributed by atoms with Crippen molar-refractivity contribution in [1.82, 2.24) is 10.3 Å². The molecular weight excluding hydrogens is 206 g/mol. The largest absolute Gasteiger partial charge is 0.330 e. The fourth-order valence-corrected chi connectivity index (χ4v) is 2.55. The standard InChI is InChI=1S/C11H21N3S/c1-8(13-7-5-4-6-12)11-9(2)15-10(3)14-11/h8,13H,4-7,12H2,1-3H3. The normalized spacial score (nSPS) is 13.1. The summed E-state index contributed by atoms with van der Waals surface area (Å²) in [5, 5.41) is 4.63. The van der Waals surface area contributed by atoms with E-state index in [9.17, 15) is 0 Å². The molecule has 3 nitrogen and oxygen atoms in total. The molecule has 0 aliphatic rings. The predicted molar refractivity (Wildman–Crippen MR) is 66.3 cm³/mol. The average Bonchev–Trinajstić information content (AvgIpc) is 2.52. The molecule has 1 aromatic heterocycles. The summed E-state index contributed by atoms with van der Waals surface area (Å²) >= 11 is 1.77. The summed E-state index contributed by atoms with van der Waals surface area (Å²) in [6.45, 7) is 8.17. The maximum atomic E-state index is 5.45. The summed E-state index contributed by atoms with van der Waals surface area (Å²) in [5.74, 6) is 0. The zero-order chi connectivity index (χ0) is 11.3. The minimum Gasteiger partial charge on any atom is -0.330 e. The molecule has 0 aliphatic heterocycles. The van der Waals surface area contributed by atoms with Crippen LogP contribution in [0.3, 0.4) is 0 Å². The molecule has 1 atom stereocenters. The molecule has 4 heteroatoms. The van der Waals surface area contributed by atoms with E-state index in [0.29, 0.717) is 6.04 Å². The lowest BCUT2D eigenvalue weighted by Crippen LogP contribution is -2.21. The maximum Gasteiger partial charge on any atom is 0.0900 e. The fourth-order valence-electron chi connectivity index (χ4n) is 1.63.